The van der Waals surface area contributed by atoms with Gasteiger partial charge in [0.25, 0.3) is 0 Å². The number of epoxide rings is 1. The average Bonchev–Trinajstić information content (AvgIpc) is 2.70. The van der Waals surface area contributed by atoms with Gasteiger partial charge in [0, 0.05) is 11.3 Å². The van der Waals surface area contributed by atoms with E-state index in [0.717, 1.165) is 5.56 Å². The third kappa shape index (κ3) is 1.03. The van der Waals surface area contributed by atoms with E-state index in [2.05, 4.69) is 0 Å². The fourth-order valence-corrected chi connectivity index (χ4v) is 1.14. The topological polar surface area (TPSA) is 58.8 Å². The van der Waals surface area contributed by atoms with Crippen molar-refractivity contribution in [3.05, 3.63) is 23.8 Å². The zero-order valence-corrected chi connectivity index (χ0v) is 5.95. The molecule has 0 spiro atoms. The molecule has 1 atom stereocenters. The van der Waals surface area contributed by atoms with Crippen LogP contribution in [0.5, 0.6) is 5.75 Å². The van der Waals surface area contributed by atoms with Crippen LogP contribution >= 0.6 is 0 Å². The number of anilines is 1. The molecule has 1 aromatic rings. The summed E-state index contributed by atoms with van der Waals surface area (Å²) in [6, 6.07) is 5.10. The zero-order valence-electron chi connectivity index (χ0n) is 5.95. The molecular formula is C8H9NO2. The highest BCUT2D eigenvalue weighted by molar-refractivity contribution is 5.55. The van der Waals surface area contributed by atoms with Crippen LogP contribution in [0.4, 0.5) is 5.69 Å². The van der Waals surface area contributed by atoms with Crippen LogP contribution < -0.4 is 5.73 Å². The van der Waals surface area contributed by atoms with Crippen molar-refractivity contribution >= 4 is 5.69 Å². The fraction of sp³-hybridized carbons (Fsp3) is 0.250. The van der Waals surface area contributed by atoms with E-state index >= 15 is 0 Å². The van der Waals surface area contributed by atoms with Crippen molar-refractivity contribution < 1.29 is 9.84 Å². The number of nitrogens with two attached hydrogens (primary N) is 1. The summed E-state index contributed by atoms with van der Waals surface area (Å²) in [6.07, 6.45) is 0.0243. The molecule has 1 heterocycles. The lowest BCUT2D eigenvalue weighted by molar-refractivity contribution is 0.401. The van der Waals surface area contributed by atoms with Crippen LogP contribution in [0.25, 0.3) is 0 Å². The molecular weight excluding hydrogens is 142 g/mol. The smallest absolute Gasteiger partial charge is 0.123 e. The van der Waals surface area contributed by atoms with E-state index in [9.17, 15) is 5.11 Å². The van der Waals surface area contributed by atoms with Crippen LogP contribution in [0, 0.1) is 0 Å². The van der Waals surface area contributed by atoms with Crippen LogP contribution in [0.2, 0.25) is 0 Å². The Balaban J connectivity index is 2.48. The molecule has 0 aromatic heterocycles. The SMILES string of the molecule is Nc1cccc(O)c1C1CO1. The highest BCUT2D eigenvalue weighted by atomic mass is 16.6. The third-order valence-electron chi connectivity index (χ3n) is 1.77. The summed E-state index contributed by atoms with van der Waals surface area (Å²) in [7, 11) is 0. The van der Waals surface area contributed by atoms with Gasteiger partial charge in [0.15, 0.2) is 0 Å². The summed E-state index contributed by atoms with van der Waals surface area (Å²) in [4.78, 5) is 0. The van der Waals surface area contributed by atoms with E-state index in [-0.39, 0.29) is 11.9 Å². The molecule has 1 saturated heterocycles. The first kappa shape index (κ1) is 6.49. The molecule has 0 aliphatic carbocycles. The third-order valence-corrected chi connectivity index (χ3v) is 1.77. The average molecular weight is 151 g/mol. The van der Waals surface area contributed by atoms with Gasteiger partial charge in [0.05, 0.1) is 6.61 Å². The quantitative estimate of drug-likeness (QED) is 0.465. The van der Waals surface area contributed by atoms with Crippen LogP contribution in [-0.2, 0) is 4.74 Å². The number of hydrogen-bond donors (Lipinski definition) is 2. The van der Waals surface area contributed by atoms with E-state index in [0.29, 0.717) is 12.3 Å². The summed E-state index contributed by atoms with van der Waals surface area (Å²) < 4.78 is 5.02. The molecule has 0 bridgehead atoms. The van der Waals surface area contributed by atoms with Gasteiger partial charge >= 0.3 is 0 Å². The minimum atomic E-state index is 0.0243. The summed E-state index contributed by atoms with van der Waals surface area (Å²) >= 11 is 0. The van der Waals surface area contributed by atoms with Crippen molar-refractivity contribution in [3.8, 4) is 5.75 Å². The molecule has 0 radical (unpaired) electrons. The molecule has 3 nitrogen and oxygen atoms in total. The number of benzene rings is 1. The number of ether oxygens (including phenoxy) is 1. The second-order valence-electron chi connectivity index (χ2n) is 2.60. The Bertz CT molecular complexity index is 261. The Labute approximate surface area is 64.4 Å². The summed E-state index contributed by atoms with van der Waals surface area (Å²) in [5.74, 6) is 0.229. The van der Waals surface area contributed by atoms with Gasteiger partial charge in [-0.1, -0.05) is 6.07 Å². The number of rotatable bonds is 1. The maximum atomic E-state index is 9.34. The van der Waals surface area contributed by atoms with Crippen molar-refractivity contribution in [1.29, 1.82) is 0 Å². The first-order chi connectivity index (χ1) is 5.29. The molecule has 1 aliphatic heterocycles. The van der Waals surface area contributed by atoms with Crippen molar-refractivity contribution in [2.75, 3.05) is 12.3 Å². The van der Waals surface area contributed by atoms with E-state index < -0.39 is 0 Å². The van der Waals surface area contributed by atoms with Crippen molar-refractivity contribution in [1.82, 2.24) is 0 Å². The number of hydrogen-bond acceptors (Lipinski definition) is 3. The number of aromatic hydroxyl groups is 1. The first-order valence-corrected chi connectivity index (χ1v) is 3.48. The van der Waals surface area contributed by atoms with Gasteiger partial charge in [0.1, 0.15) is 11.9 Å². The molecule has 2 rings (SSSR count). The molecule has 0 amide bonds. The predicted octanol–water partition coefficient (Wildman–Crippen LogP) is 1.05. The molecule has 1 aromatic carbocycles. The lowest BCUT2D eigenvalue weighted by Gasteiger charge is -2.03. The largest absolute Gasteiger partial charge is 0.507 e. The van der Waals surface area contributed by atoms with Gasteiger partial charge in [0.2, 0.25) is 0 Å². The highest BCUT2D eigenvalue weighted by Crippen LogP contribution is 2.39. The molecule has 1 aliphatic rings. The van der Waals surface area contributed by atoms with Crippen LogP contribution in [0.15, 0.2) is 18.2 Å². The van der Waals surface area contributed by atoms with Crippen LogP contribution in [0.1, 0.15) is 11.7 Å². The molecule has 1 unspecified atom stereocenters. The summed E-state index contributed by atoms with van der Waals surface area (Å²) in [6.45, 7) is 0.668. The van der Waals surface area contributed by atoms with Gasteiger partial charge in [-0.2, -0.15) is 0 Å². The number of phenolic OH excluding ortho intramolecular Hbond substituents is 1. The van der Waals surface area contributed by atoms with Gasteiger partial charge in [-0.25, -0.2) is 0 Å². The number of nitrogen functional groups attached to an aromatic ring is 1. The molecule has 0 saturated carbocycles. The van der Waals surface area contributed by atoms with Gasteiger partial charge in [-0.15, -0.1) is 0 Å². The predicted molar refractivity (Wildman–Crippen MR) is 41.2 cm³/mol. The Morgan fingerprint density at radius 2 is 2.27 bits per heavy atom. The van der Waals surface area contributed by atoms with Crippen molar-refractivity contribution in [2.45, 2.75) is 6.10 Å². The minimum Gasteiger partial charge on any atom is -0.507 e. The van der Waals surface area contributed by atoms with Crippen molar-refractivity contribution in [2.24, 2.45) is 0 Å². The monoisotopic (exact) mass is 151 g/mol. The Hall–Kier alpha value is -1.22. The molecule has 3 N–H and O–H groups in total. The van der Waals surface area contributed by atoms with Crippen LogP contribution in [0.3, 0.4) is 0 Å². The molecule has 1 fully saturated rings. The molecule has 11 heavy (non-hydrogen) atoms. The van der Waals surface area contributed by atoms with E-state index in [4.69, 9.17) is 10.5 Å². The van der Waals surface area contributed by atoms with E-state index in [1.807, 2.05) is 0 Å². The lowest BCUT2D eigenvalue weighted by atomic mass is 10.1. The van der Waals surface area contributed by atoms with E-state index in [1.54, 1.807) is 18.2 Å². The summed E-state index contributed by atoms with van der Waals surface area (Å²) in [5.41, 5.74) is 6.96. The van der Waals surface area contributed by atoms with Gasteiger partial charge in [-0.3, -0.25) is 0 Å². The normalized spacial score (nSPS) is 21.6. The van der Waals surface area contributed by atoms with Crippen LogP contribution in [-0.4, -0.2) is 11.7 Å². The Morgan fingerprint density at radius 1 is 1.55 bits per heavy atom. The second-order valence-corrected chi connectivity index (χ2v) is 2.60. The minimum absolute atomic E-state index is 0.0243. The Morgan fingerprint density at radius 3 is 2.82 bits per heavy atom. The first-order valence-electron chi connectivity index (χ1n) is 3.48. The standard InChI is InChI=1S/C8H9NO2/c9-5-2-1-3-6(10)8(5)7-4-11-7/h1-3,7,10H,4,9H2. The van der Waals surface area contributed by atoms with Crippen molar-refractivity contribution in [3.63, 3.8) is 0 Å². The van der Waals surface area contributed by atoms with E-state index in [1.165, 1.54) is 0 Å². The van der Waals surface area contributed by atoms with Gasteiger partial charge < -0.3 is 15.6 Å². The second kappa shape index (κ2) is 2.13. The van der Waals surface area contributed by atoms with Gasteiger partial charge in [-0.05, 0) is 12.1 Å². The maximum Gasteiger partial charge on any atom is 0.123 e. The maximum absolute atomic E-state index is 9.34. The number of phenols is 1. The fourth-order valence-electron chi connectivity index (χ4n) is 1.14. The summed E-state index contributed by atoms with van der Waals surface area (Å²) in [5, 5.41) is 9.34. The highest BCUT2D eigenvalue weighted by Gasteiger charge is 2.29. The Kier molecular flexibility index (Phi) is 1.26. The molecule has 58 valence electrons. The molecule has 3 heteroatoms. The zero-order chi connectivity index (χ0) is 7.84. The lowest BCUT2D eigenvalue weighted by Crippen LogP contribution is -1.92.